The second kappa shape index (κ2) is 8.66. The smallest absolute Gasteiger partial charge is 0.343 e. The van der Waals surface area contributed by atoms with Crippen molar-refractivity contribution in [3.8, 4) is 16.9 Å². The predicted molar refractivity (Wildman–Crippen MR) is 123 cm³/mol. The molecule has 0 heterocycles. The largest absolute Gasteiger partial charge is 0.423 e. The van der Waals surface area contributed by atoms with Crippen molar-refractivity contribution in [2.45, 2.75) is 37.4 Å². The van der Waals surface area contributed by atoms with Crippen LogP contribution in [0.15, 0.2) is 66.7 Å². The van der Waals surface area contributed by atoms with E-state index in [9.17, 15) is 4.79 Å². The summed E-state index contributed by atoms with van der Waals surface area (Å²) in [6.07, 6.45) is 4.54. The third kappa shape index (κ3) is 4.68. The molecule has 0 saturated heterocycles. The molecule has 1 aliphatic carbocycles. The topological polar surface area (TPSA) is 78.3 Å². The number of hydrogen-bond acceptors (Lipinski definition) is 4. The third-order valence-electron chi connectivity index (χ3n) is 5.77. The fourth-order valence-corrected chi connectivity index (χ4v) is 4.08. The summed E-state index contributed by atoms with van der Waals surface area (Å²) in [4.78, 5) is 12.3. The molecule has 5 heteroatoms. The van der Waals surface area contributed by atoms with Gasteiger partial charge in [-0.1, -0.05) is 55.1 Å². The van der Waals surface area contributed by atoms with Crippen LogP contribution in [0.25, 0.3) is 11.1 Å². The minimum Gasteiger partial charge on any atom is -0.423 e. The Morgan fingerprint density at radius 1 is 0.800 bits per heavy atom. The maximum absolute atomic E-state index is 12.3. The predicted octanol–water partition coefficient (Wildman–Crippen LogP) is 5.35. The monoisotopic (exact) mass is 396 g/mol. The lowest BCUT2D eigenvalue weighted by molar-refractivity contribution is 0.0735. The van der Waals surface area contributed by atoms with Crippen molar-refractivity contribution < 1.29 is 9.53 Å². The summed E-state index contributed by atoms with van der Waals surface area (Å²) in [7, 11) is 6.02. The van der Waals surface area contributed by atoms with E-state index in [0.29, 0.717) is 34.4 Å². The molecule has 0 atom stereocenters. The standard InChI is InChI=1S/C25H25BN2O2/c26-21-9-5-18(6-10-21)16-1-3-17(4-2-16)19-7-11-24(12-8-19)30-25(29)20-13-22(27)15-23(28)14-20/h1-4,7-8,11-15,18,21H,5-6,9-10,27-28H2. The summed E-state index contributed by atoms with van der Waals surface area (Å²) < 4.78 is 5.45. The van der Waals surface area contributed by atoms with Crippen LogP contribution in [0.1, 0.15) is 47.5 Å². The van der Waals surface area contributed by atoms with Crippen LogP contribution in [-0.2, 0) is 0 Å². The molecule has 4 rings (SSSR count). The van der Waals surface area contributed by atoms with Crippen molar-refractivity contribution in [3.05, 3.63) is 77.9 Å². The second-order valence-electron chi connectivity index (χ2n) is 8.04. The first-order valence-electron chi connectivity index (χ1n) is 10.3. The van der Waals surface area contributed by atoms with Gasteiger partial charge in [-0.05, 0) is 65.8 Å². The highest BCUT2D eigenvalue weighted by atomic mass is 16.5. The van der Waals surface area contributed by atoms with Crippen LogP contribution in [0, 0.1) is 0 Å². The van der Waals surface area contributed by atoms with E-state index < -0.39 is 5.97 Å². The molecular weight excluding hydrogens is 371 g/mol. The van der Waals surface area contributed by atoms with Gasteiger partial charge in [0.2, 0.25) is 0 Å². The molecule has 4 N–H and O–H groups in total. The zero-order valence-corrected chi connectivity index (χ0v) is 16.9. The van der Waals surface area contributed by atoms with Gasteiger partial charge in [0.15, 0.2) is 0 Å². The number of nitrogens with two attached hydrogens (primary N) is 2. The third-order valence-corrected chi connectivity index (χ3v) is 5.77. The Kier molecular flexibility index (Phi) is 5.80. The van der Waals surface area contributed by atoms with Crippen molar-refractivity contribution >= 4 is 25.2 Å². The molecular formula is C25H25BN2O2. The zero-order chi connectivity index (χ0) is 21.1. The first-order chi connectivity index (χ1) is 14.5. The average molecular weight is 396 g/mol. The number of rotatable bonds is 4. The zero-order valence-electron chi connectivity index (χ0n) is 16.9. The number of nitrogen functional groups attached to an aromatic ring is 2. The number of carbonyl (C=O) groups is 1. The van der Waals surface area contributed by atoms with Gasteiger partial charge in [0, 0.05) is 11.4 Å². The van der Waals surface area contributed by atoms with Crippen LogP contribution in [0.5, 0.6) is 5.75 Å². The summed E-state index contributed by atoms with van der Waals surface area (Å²) in [6.45, 7) is 0. The van der Waals surface area contributed by atoms with Crippen molar-refractivity contribution in [1.82, 2.24) is 0 Å². The maximum atomic E-state index is 12.3. The molecule has 3 aromatic rings. The molecule has 0 amide bonds. The van der Waals surface area contributed by atoms with Gasteiger partial charge in [-0.25, -0.2) is 4.79 Å². The molecule has 0 bridgehead atoms. The van der Waals surface area contributed by atoms with E-state index in [4.69, 9.17) is 24.1 Å². The van der Waals surface area contributed by atoms with Gasteiger partial charge >= 0.3 is 5.97 Å². The van der Waals surface area contributed by atoms with Crippen LogP contribution in [0.2, 0.25) is 5.82 Å². The van der Waals surface area contributed by atoms with E-state index >= 15 is 0 Å². The lowest BCUT2D eigenvalue weighted by Gasteiger charge is -2.26. The van der Waals surface area contributed by atoms with E-state index in [0.717, 1.165) is 24.0 Å². The van der Waals surface area contributed by atoms with E-state index in [-0.39, 0.29) is 0 Å². The van der Waals surface area contributed by atoms with Crippen LogP contribution >= 0.6 is 0 Å². The molecule has 4 nitrogen and oxygen atoms in total. The average Bonchev–Trinajstić information content (AvgIpc) is 2.74. The molecule has 0 unspecified atom stereocenters. The van der Waals surface area contributed by atoms with Crippen LogP contribution < -0.4 is 16.2 Å². The van der Waals surface area contributed by atoms with Gasteiger partial charge in [0.25, 0.3) is 0 Å². The van der Waals surface area contributed by atoms with E-state index in [2.05, 4.69) is 24.3 Å². The van der Waals surface area contributed by atoms with Gasteiger partial charge < -0.3 is 16.2 Å². The lowest BCUT2D eigenvalue weighted by Crippen LogP contribution is -2.09. The summed E-state index contributed by atoms with van der Waals surface area (Å²) >= 11 is 0. The Morgan fingerprint density at radius 2 is 1.33 bits per heavy atom. The Bertz CT molecular complexity index is 1000. The number of hydrogen-bond donors (Lipinski definition) is 2. The maximum Gasteiger partial charge on any atom is 0.343 e. The van der Waals surface area contributed by atoms with Crippen molar-refractivity contribution in [3.63, 3.8) is 0 Å². The molecule has 0 aromatic heterocycles. The highest BCUT2D eigenvalue weighted by Gasteiger charge is 2.19. The Balaban J connectivity index is 1.42. The van der Waals surface area contributed by atoms with Crippen LogP contribution in [0.4, 0.5) is 11.4 Å². The van der Waals surface area contributed by atoms with E-state index in [1.165, 1.54) is 18.4 Å². The number of anilines is 2. The lowest BCUT2D eigenvalue weighted by atomic mass is 9.70. The highest BCUT2D eigenvalue weighted by molar-refractivity contribution is 6.11. The number of esters is 1. The van der Waals surface area contributed by atoms with Gasteiger partial charge in [-0.3, -0.25) is 0 Å². The minimum atomic E-state index is -0.488. The van der Waals surface area contributed by atoms with Gasteiger partial charge in [-0.15, -0.1) is 0 Å². The Hall–Kier alpha value is -3.21. The molecule has 1 saturated carbocycles. The second-order valence-corrected chi connectivity index (χ2v) is 8.04. The molecule has 0 spiro atoms. The molecule has 0 aliphatic heterocycles. The molecule has 1 fully saturated rings. The fourth-order valence-electron chi connectivity index (χ4n) is 4.08. The van der Waals surface area contributed by atoms with Crippen molar-refractivity contribution in [1.29, 1.82) is 0 Å². The van der Waals surface area contributed by atoms with Crippen molar-refractivity contribution in [2.24, 2.45) is 0 Å². The summed E-state index contributed by atoms with van der Waals surface area (Å²) in [5, 5.41) is 0. The van der Waals surface area contributed by atoms with Gasteiger partial charge in [0.05, 0.1) is 13.4 Å². The molecule has 150 valence electrons. The molecule has 1 aliphatic rings. The Labute approximate surface area is 178 Å². The first kappa shape index (κ1) is 20.1. The first-order valence-corrected chi connectivity index (χ1v) is 10.3. The number of benzene rings is 3. The normalized spacial score (nSPS) is 18.7. The van der Waals surface area contributed by atoms with Crippen LogP contribution in [-0.4, -0.2) is 13.8 Å². The summed E-state index contributed by atoms with van der Waals surface area (Å²) in [5.41, 5.74) is 16.3. The highest BCUT2D eigenvalue weighted by Crippen LogP contribution is 2.37. The summed E-state index contributed by atoms with van der Waals surface area (Å²) in [6, 6.07) is 20.9. The SMILES string of the molecule is [B]C1CCC(c2ccc(-c3ccc(OC(=O)c4cc(N)cc(N)c4)cc3)cc2)CC1. The number of carbonyl (C=O) groups excluding carboxylic acids is 1. The van der Waals surface area contributed by atoms with Crippen molar-refractivity contribution in [2.75, 3.05) is 11.5 Å². The quantitative estimate of drug-likeness (QED) is 0.270. The van der Waals surface area contributed by atoms with E-state index in [1.807, 2.05) is 12.1 Å². The molecule has 3 aromatic carbocycles. The summed E-state index contributed by atoms with van der Waals surface area (Å²) in [5.74, 6) is 0.963. The number of ether oxygens (including phenoxy) is 1. The van der Waals surface area contributed by atoms with E-state index in [1.54, 1.807) is 30.3 Å². The van der Waals surface area contributed by atoms with Crippen LogP contribution in [0.3, 0.4) is 0 Å². The fraction of sp³-hybridized carbons (Fsp3) is 0.240. The molecule has 30 heavy (non-hydrogen) atoms. The minimum absolute atomic E-state index is 0.329. The Morgan fingerprint density at radius 3 is 1.90 bits per heavy atom. The van der Waals surface area contributed by atoms with Gasteiger partial charge in [0.1, 0.15) is 5.75 Å². The molecule has 2 radical (unpaired) electrons. The van der Waals surface area contributed by atoms with Gasteiger partial charge in [-0.2, -0.15) is 0 Å².